The van der Waals surface area contributed by atoms with E-state index in [-0.39, 0.29) is 5.91 Å². The van der Waals surface area contributed by atoms with E-state index in [1.54, 1.807) is 12.4 Å². The van der Waals surface area contributed by atoms with Gasteiger partial charge in [0.1, 0.15) is 11.5 Å². The van der Waals surface area contributed by atoms with E-state index < -0.39 is 0 Å². The molecule has 1 aliphatic carbocycles. The summed E-state index contributed by atoms with van der Waals surface area (Å²) >= 11 is 0. The summed E-state index contributed by atoms with van der Waals surface area (Å²) in [5, 5.41) is 2.69. The minimum atomic E-state index is -0.0623. The Labute approximate surface area is 111 Å². The highest BCUT2D eigenvalue weighted by atomic mass is 16.3. The van der Waals surface area contributed by atoms with Gasteiger partial charge in [0.2, 0.25) is 11.9 Å². The molecule has 1 amide bonds. The summed E-state index contributed by atoms with van der Waals surface area (Å²) in [4.78, 5) is 18.5. The fourth-order valence-corrected chi connectivity index (χ4v) is 2.21. The zero-order chi connectivity index (χ0) is 13.2. The standard InChI is InChI=1S/C14H17N3O2/c1-9-8-11(9)12-4-2-10(19-12)3-5-13(18)17-14-15-6-7-16-14/h2,4,6-7,9,11H,3,5,8H2,1H3,(H2,15,16,17,18). The molecule has 1 aliphatic rings. The first-order valence-electron chi connectivity index (χ1n) is 6.60. The predicted octanol–water partition coefficient (Wildman–Crippen LogP) is 2.70. The van der Waals surface area contributed by atoms with E-state index in [0.29, 0.717) is 24.7 Å². The van der Waals surface area contributed by atoms with Crippen molar-refractivity contribution in [2.24, 2.45) is 5.92 Å². The number of carbonyl (C=O) groups is 1. The highest BCUT2D eigenvalue weighted by Gasteiger charge is 2.36. The Morgan fingerprint density at radius 1 is 1.58 bits per heavy atom. The van der Waals surface area contributed by atoms with Crippen molar-refractivity contribution in [1.82, 2.24) is 9.97 Å². The molecule has 2 unspecified atom stereocenters. The van der Waals surface area contributed by atoms with E-state index in [1.165, 1.54) is 6.42 Å². The lowest BCUT2D eigenvalue weighted by atomic mass is 10.2. The smallest absolute Gasteiger partial charge is 0.227 e. The zero-order valence-electron chi connectivity index (χ0n) is 10.8. The monoisotopic (exact) mass is 259 g/mol. The highest BCUT2D eigenvalue weighted by Crippen LogP contribution is 2.47. The molecule has 0 aliphatic heterocycles. The highest BCUT2D eigenvalue weighted by molar-refractivity contribution is 5.88. The van der Waals surface area contributed by atoms with Gasteiger partial charge < -0.3 is 9.40 Å². The first-order valence-corrected chi connectivity index (χ1v) is 6.60. The number of nitrogens with one attached hydrogen (secondary N) is 2. The van der Waals surface area contributed by atoms with Gasteiger partial charge >= 0.3 is 0 Å². The van der Waals surface area contributed by atoms with Crippen molar-refractivity contribution in [3.05, 3.63) is 36.0 Å². The molecular formula is C14H17N3O2. The van der Waals surface area contributed by atoms with Crippen LogP contribution in [0.25, 0.3) is 0 Å². The van der Waals surface area contributed by atoms with Gasteiger partial charge in [-0.3, -0.25) is 10.1 Å². The summed E-state index contributed by atoms with van der Waals surface area (Å²) in [6.07, 6.45) is 5.50. The molecule has 2 atom stereocenters. The zero-order valence-corrected chi connectivity index (χ0v) is 10.8. The summed E-state index contributed by atoms with van der Waals surface area (Å²) in [5.41, 5.74) is 0. The number of aromatic amines is 1. The second-order valence-corrected chi connectivity index (χ2v) is 5.11. The van der Waals surface area contributed by atoms with Crippen LogP contribution >= 0.6 is 0 Å². The number of furan rings is 1. The third kappa shape index (κ3) is 2.86. The second-order valence-electron chi connectivity index (χ2n) is 5.11. The van der Waals surface area contributed by atoms with Crippen molar-refractivity contribution in [3.8, 4) is 0 Å². The summed E-state index contributed by atoms with van der Waals surface area (Å²) in [7, 11) is 0. The van der Waals surface area contributed by atoms with E-state index in [1.807, 2.05) is 12.1 Å². The third-order valence-corrected chi connectivity index (χ3v) is 3.51. The SMILES string of the molecule is CC1CC1c1ccc(CCC(=O)Nc2ncc[nH]2)o1. The van der Waals surface area contributed by atoms with Crippen LogP contribution in [0.15, 0.2) is 28.9 Å². The number of anilines is 1. The molecule has 0 radical (unpaired) electrons. The molecule has 100 valence electrons. The molecule has 1 fully saturated rings. The van der Waals surface area contributed by atoms with Crippen molar-refractivity contribution in [3.63, 3.8) is 0 Å². The maximum atomic E-state index is 11.7. The molecule has 0 aromatic carbocycles. The first-order chi connectivity index (χ1) is 9.22. The predicted molar refractivity (Wildman–Crippen MR) is 70.8 cm³/mol. The van der Waals surface area contributed by atoms with E-state index in [0.717, 1.165) is 17.4 Å². The number of rotatable bonds is 5. The Kier molecular flexibility index (Phi) is 3.11. The van der Waals surface area contributed by atoms with E-state index in [2.05, 4.69) is 22.2 Å². The van der Waals surface area contributed by atoms with Gasteiger partial charge in [0.25, 0.3) is 0 Å². The van der Waals surface area contributed by atoms with Crippen LogP contribution in [0, 0.1) is 5.92 Å². The number of H-pyrrole nitrogens is 1. The topological polar surface area (TPSA) is 70.9 Å². The van der Waals surface area contributed by atoms with Crippen molar-refractivity contribution in [2.45, 2.75) is 32.1 Å². The second kappa shape index (κ2) is 4.91. The Morgan fingerprint density at radius 3 is 3.11 bits per heavy atom. The van der Waals surface area contributed by atoms with Gasteiger partial charge in [-0.25, -0.2) is 4.98 Å². The molecule has 19 heavy (non-hydrogen) atoms. The number of aromatic nitrogens is 2. The molecule has 5 heteroatoms. The molecule has 3 rings (SSSR count). The van der Waals surface area contributed by atoms with Crippen LogP contribution in [-0.4, -0.2) is 15.9 Å². The van der Waals surface area contributed by atoms with Crippen LogP contribution in [0.2, 0.25) is 0 Å². The molecule has 2 aromatic rings. The Balaban J connectivity index is 1.49. The number of hydrogen-bond acceptors (Lipinski definition) is 3. The van der Waals surface area contributed by atoms with Crippen LogP contribution < -0.4 is 5.32 Å². The average molecular weight is 259 g/mol. The molecule has 0 bridgehead atoms. The molecule has 1 saturated carbocycles. The van der Waals surface area contributed by atoms with Gasteiger partial charge in [-0.15, -0.1) is 0 Å². The minimum Gasteiger partial charge on any atom is -0.466 e. The Bertz CT molecular complexity index is 559. The number of carbonyl (C=O) groups excluding carboxylic acids is 1. The Hall–Kier alpha value is -2.04. The van der Waals surface area contributed by atoms with Crippen LogP contribution in [0.5, 0.6) is 0 Å². The molecule has 0 spiro atoms. The normalized spacial score (nSPS) is 21.3. The van der Waals surface area contributed by atoms with Gasteiger partial charge in [-0.1, -0.05) is 6.92 Å². The number of nitrogens with zero attached hydrogens (tertiary/aromatic N) is 1. The van der Waals surface area contributed by atoms with E-state index in [4.69, 9.17) is 4.42 Å². The summed E-state index contributed by atoms with van der Waals surface area (Å²) in [6.45, 7) is 2.23. The Morgan fingerprint density at radius 2 is 2.42 bits per heavy atom. The molecule has 5 nitrogen and oxygen atoms in total. The van der Waals surface area contributed by atoms with E-state index in [9.17, 15) is 4.79 Å². The quantitative estimate of drug-likeness (QED) is 0.867. The van der Waals surface area contributed by atoms with Crippen molar-refractivity contribution in [2.75, 3.05) is 5.32 Å². The van der Waals surface area contributed by atoms with Gasteiger partial charge in [0.05, 0.1) is 0 Å². The van der Waals surface area contributed by atoms with Crippen LogP contribution in [0.4, 0.5) is 5.95 Å². The fourth-order valence-electron chi connectivity index (χ4n) is 2.21. The largest absolute Gasteiger partial charge is 0.466 e. The van der Waals surface area contributed by atoms with Crippen molar-refractivity contribution < 1.29 is 9.21 Å². The molecule has 2 aromatic heterocycles. The van der Waals surface area contributed by atoms with Crippen LogP contribution in [0.3, 0.4) is 0 Å². The maximum absolute atomic E-state index is 11.7. The number of amides is 1. The van der Waals surface area contributed by atoms with Gasteiger partial charge in [-0.2, -0.15) is 0 Å². The number of aryl methyl sites for hydroxylation is 1. The first kappa shape index (κ1) is 12.0. The summed E-state index contributed by atoms with van der Waals surface area (Å²) < 4.78 is 5.76. The lowest BCUT2D eigenvalue weighted by Crippen LogP contribution is -2.13. The summed E-state index contributed by atoms with van der Waals surface area (Å²) in [6, 6.07) is 4.01. The molecular weight excluding hydrogens is 242 g/mol. The lowest BCUT2D eigenvalue weighted by Gasteiger charge is -2.00. The van der Waals surface area contributed by atoms with Crippen molar-refractivity contribution >= 4 is 11.9 Å². The lowest BCUT2D eigenvalue weighted by molar-refractivity contribution is -0.116. The minimum absolute atomic E-state index is 0.0623. The van der Waals surface area contributed by atoms with E-state index >= 15 is 0 Å². The third-order valence-electron chi connectivity index (χ3n) is 3.51. The van der Waals surface area contributed by atoms with Crippen LogP contribution in [-0.2, 0) is 11.2 Å². The molecule has 2 N–H and O–H groups in total. The van der Waals surface area contributed by atoms with Crippen molar-refractivity contribution in [1.29, 1.82) is 0 Å². The van der Waals surface area contributed by atoms with Crippen LogP contribution in [0.1, 0.15) is 37.2 Å². The molecule has 0 saturated heterocycles. The van der Waals surface area contributed by atoms with Gasteiger partial charge in [-0.05, 0) is 24.5 Å². The number of hydrogen-bond donors (Lipinski definition) is 2. The molecule has 2 heterocycles. The fraction of sp³-hybridized carbons (Fsp3) is 0.429. The maximum Gasteiger partial charge on any atom is 0.227 e. The summed E-state index contributed by atoms with van der Waals surface area (Å²) in [5.74, 6) is 3.69. The average Bonchev–Trinajstić information content (AvgIpc) is 2.87. The van der Waals surface area contributed by atoms with Gasteiger partial charge in [0.15, 0.2) is 0 Å². The van der Waals surface area contributed by atoms with Gasteiger partial charge in [0, 0.05) is 31.2 Å². The number of imidazole rings is 1.